The molecule has 8 nitrogen and oxygen atoms in total. The lowest BCUT2D eigenvalue weighted by molar-refractivity contribution is 0.0691. The Labute approximate surface area is 108 Å². The van der Waals surface area contributed by atoms with Gasteiger partial charge in [0.1, 0.15) is 16.3 Å². The van der Waals surface area contributed by atoms with Crippen molar-refractivity contribution in [2.45, 2.75) is 18.4 Å². The number of aromatic carboxylic acids is 1. The number of nitrogens with zero attached hydrogens (tertiary/aromatic N) is 1. The maximum atomic E-state index is 11.9. The molecule has 0 bridgehead atoms. The zero-order valence-electron chi connectivity index (χ0n) is 9.87. The van der Waals surface area contributed by atoms with E-state index in [1.165, 1.54) is 6.20 Å². The standard InChI is InChI=1S/C10H11N3O5S/c1-6-3-12-9(18-6)5-13-19(16,17)7-2-8(10(14)15)11-4-7/h2-4,11,13H,5H2,1H3,(H,14,15). The average Bonchev–Trinajstić information content (AvgIpc) is 2.95. The van der Waals surface area contributed by atoms with Crippen LogP contribution >= 0.6 is 0 Å². The van der Waals surface area contributed by atoms with Gasteiger partial charge in [-0.1, -0.05) is 0 Å². The van der Waals surface area contributed by atoms with Gasteiger partial charge in [0.25, 0.3) is 0 Å². The topological polar surface area (TPSA) is 125 Å². The summed E-state index contributed by atoms with van der Waals surface area (Å²) >= 11 is 0. The molecule has 2 aromatic rings. The number of aryl methyl sites for hydroxylation is 1. The van der Waals surface area contributed by atoms with Gasteiger partial charge in [0.05, 0.1) is 12.7 Å². The molecule has 0 aliphatic rings. The summed E-state index contributed by atoms with van der Waals surface area (Å²) in [5.41, 5.74) is -0.202. The smallest absolute Gasteiger partial charge is 0.352 e. The molecule has 19 heavy (non-hydrogen) atoms. The van der Waals surface area contributed by atoms with Gasteiger partial charge in [0.15, 0.2) is 0 Å². The van der Waals surface area contributed by atoms with Crippen molar-refractivity contribution in [2.24, 2.45) is 0 Å². The maximum Gasteiger partial charge on any atom is 0.352 e. The van der Waals surface area contributed by atoms with Gasteiger partial charge in [-0.3, -0.25) is 0 Å². The normalized spacial score (nSPS) is 11.6. The van der Waals surface area contributed by atoms with E-state index in [0.29, 0.717) is 5.76 Å². The first-order valence-electron chi connectivity index (χ1n) is 5.21. The fourth-order valence-electron chi connectivity index (χ4n) is 1.38. The lowest BCUT2D eigenvalue weighted by Gasteiger charge is -2.01. The number of H-pyrrole nitrogens is 1. The summed E-state index contributed by atoms with van der Waals surface area (Å²) in [5.74, 6) is -0.427. The molecule has 0 radical (unpaired) electrons. The molecule has 2 aromatic heterocycles. The Balaban J connectivity index is 2.11. The van der Waals surface area contributed by atoms with E-state index in [4.69, 9.17) is 9.52 Å². The molecule has 9 heteroatoms. The minimum absolute atomic E-state index is 0.107. The van der Waals surface area contributed by atoms with Gasteiger partial charge in [-0.05, 0) is 13.0 Å². The summed E-state index contributed by atoms with van der Waals surface area (Å²) in [6.07, 6.45) is 2.58. The molecule has 0 unspecified atom stereocenters. The van der Waals surface area contributed by atoms with E-state index >= 15 is 0 Å². The van der Waals surface area contributed by atoms with Crippen molar-refractivity contribution in [3.05, 3.63) is 35.8 Å². The first-order chi connectivity index (χ1) is 8.88. The highest BCUT2D eigenvalue weighted by atomic mass is 32.2. The maximum absolute atomic E-state index is 11.9. The molecule has 0 aromatic carbocycles. The predicted octanol–water partition coefficient (Wildman–Crippen LogP) is 0.488. The molecule has 0 aliphatic carbocycles. The van der Waals surface area contributed by atoms with Gasteiger partial charge >= 0.3 is 5.97 Å². The Bertz CT molecular complexity index is 700. The van der Waals surface area contributed by atoms with Crippen LogP contribution < -0.4 is 4.72 Å². The van der Waals surface area contributed by atoms with Crippen LogP contribution in [-0.2, 0) is 16.6 Å². The highest BCUT2D eigenvalue weighted by Gasteiger charge is 2.18. The number of carboxylic acid groups (broad SMARTS) is 1. The second-order valence-corrected chi connectivity index (χ2v) is 5.51. The van der Waals surface area contributed by atoms with Crippen LogP contribution in [0.4, 0.5) is 0 Å². The number of hydrogen-bond acceptors (Lipinski definition) is 5. The monoisotopic (exact) mass is 285 g/mol. The Morgan fingerprint density at radius 3 is 2.84 bits per heavy atom. The van der Waals surface area contributed by atoms with Crippen molar-refractivity contribution >= 4 is 16.0 Å². The van der Waals surface area contributed by atoms with Crippen LogP contribution in [0.3, 0.4) is 0 Å². The van der Waals surface area contributed by atoms with Crippen LogP contribution in [0.2, 0.25) is 0 Å². The van der Waals surface area contributed by atoms with Crippen LogP contribution in [0.15, 0.2) is 27.8 Å². The molecule has 0 amide bonds. The number of oxazole rings is 1. The van der Waals surface area contributed by atoms with Gasteiger partial charge in [0, 0.05) is 6.20 Å². The predicted molar refractivity (Wildman–Crippen MR) is 63.0 cm³/mol. The molecular weight excluding hydrogens is 274 g/mol. The molecule has 0 fully saturated rings. The third kappa shape index (κ3) is 3.01. The van der Waals surface area contributed by atoms with Crippen molar-refractivity contribution in [3.8, 4) is 0 Å². The summed E-state index contributed by atoms with van der Waals surface area (Å²) in [4.78, 5) is 16.7. The number of aromatic amines is 1. The highest BCUT2D eigenvalue weighted by Crippen LogP contribution is 2.11. The van der Waals surface area contributed by atoms with E-state index in [0.717, 1.165) is 12.3 Å². The van der Waals surface area contributed by atoms with Crippen LogP contribution in [0.5, 0.6) is 0 Å². The Morgan fingerprint density at radius 1 is 1.58 bits per heavy atom. The fraction of sp³-hybridized carbons (Fsp3) is 0.200. The molecule has 102 valence electrons. The number of hydrogen-bond donors (Lipinski definition) is 3. The van der Waals surface area contributed by atoms with Gasteiger partial charge < -0.3 is 14.5 Å². The number of nitrogens with one attached hydrogen (secondary N) is 2. The third-order valence-electron chi connectivity index (χ3n) is 2.28. The highest BCUT2D eigenvalue weighted by molar-refractivity contribution is 7.89. The molecule has 2 heterocycles. The summed E-state index contributed by atoms with van der Waals surface area (Å²) < 4.78 is 31.1. The van der Waals surface area contributed by atoms with E-state index < -0.39 is 16.0 Å². The number of rotatable bonds is 5. The van der Waals surface area contributed by atoms with E-state index in [1.807, 2.05) is 0 Å². The average molecular weight is 285 g/mol. The van der Waals surface area contributed by atoms with Crippen LogP contribution in [0.25, 0.3) is 0 Å². The van der Waals surface area contributed by atoms with Gasteiger partial charge in [-0.15, -0.1) is 0 Å². The van der Waals surface area contributed by atoms with Crippen LogP contribution in [0.1, 0.15) is 22.1 Å². The van der Waals surface area contributed by atoms with Crippen molar-refractivity contribution in [3.63, 3.8) is 0 Å². The first kappa shape index (κ1) is 13.3. The largest absolute Gasteiger partial charge is 0.477 e. The van der Waals surface area contributed by atoms with Crippen LogP contribution in [0, 0.1) is 6.92 Å². The van der Waals surface area contributed by atoms with E-state index in [9.17, 15) is 13.2 Å². The zero-order chi connectivity index (χ0) is 14.0. The molecule has 3 N–H and O–H groups in total. The first-order valence-corrected chi connectivity index (χ1v) is 6.69. The third-order valence-corrected chi connectivity index (χ3v) is 3.66. The van der Waals surface area contributed by atoms with Gasteiger partial charge in [0.2, 0.25) is 15.9 Å². The van der Waals surface area contributed by atoms with E-state index in [-0.39, 0.29) is 23.0 Å². The summed E-state index contributed by atoms with van der Waals surface area (Å²) in [6, 6.07) is 1.03. The molecule has 0 saturated carbocycles. The zero-order valence-corrected chi connectivity index (χ0v) is 10.7. The minimum atomic E-state index is -3.81. The Morgan fingerprint density at radius 2 is 2.32 bits per heavy atom. The summed E-state index contributed by atoms with van der Waals surface area (Å²) in [5, 5.41) is 8.70. The minimum Gasteiger partial charge on any atom is -0.477 e. The number of aromatic nitrogens is 2. The van der Waals surface area contributed by atoms with Crippen molar-refractivity contribution < 1.29 is 22.7 Å². The lowest BCUT2D eigenvalue weighted by atomic mass is 10.4. The Kier molecular flexibility index (Phi) is 3.40. The lowest BCUT2D eigenvalue weighted by Crippen LogP contribution is -2.23. The molecular formula is C10H11N3O5S. The molecule has 2 rings (SSSR count). The van der Waals surface area contributed by atoms with Crippen molar-refractivity contribution in [1.29, 1.82) is 0 Å². The SMILES string of the molecule is Cc1cnc(CNS(=O)(=O)c2c[nH]c(C(=O)O)c2)o1. The molecule has 0 spiro atoms. The van der Waals surface area contributed by atoms with Crippen LogP contribution in [-0.4, -0.2) is 29.5 Å². The summed E-state index contributed by atoms with van der Waals surface area (Å²) in [6.45, 7) is 1.58. The van der Waals surface area contributed by atoms with E-state index in [2.05, 4.69) is 14.7 Å². The number of carboxylic acids is 1. The number of carbonyl (C=O) groups is 1. The fourth-order valence-corrected chi connectivity index (χ4v) is 2.34. The molecule has 0 aliphatic heterocycles. The molecule has 0 atom stereocenters. The summed E-state index contributed by atoms with van der Waals surface area (Å²) in [7, 11) is -3.81. The van der Waals surface area contributed by atoms with Gasteiger partial charge in [-0.2, -0.15) is 0 Å². The van der Waals surface area contributed by atoms with E-state index in [1.54, 1.807) is 6.92 Å². The number of sulfonamides is 1. The van der Waals surface area contributed by atoms with Crippen molar-refractivity contribution in [2.75, 3.05) is 0 Å². The van der Waals surface area contributed by atoms with Gasteiger partial charge in [-0.25, -0.2) is 22.9 Å². The quantitative estimate of drug-likeness (QED) is 0.734. The van der Waals surface area contributed by atoms with Crippen molar-refractivity contribution in [1.82, 2.24) is 14.7 Å². The second kappa shape index (κ2) is 4.86. The molecule has 0 saturated heterocycles. The Hall–Kier alpha value is -2.13. The second-order valence-electron chi connectivity index (χ2n) is 3.74.